The molecule has 3 unspecified atom stereocenters. The van der Waals surface area contributed by atoms with Crippen molar-refractivity contribution < 1.29 is 18.7 Å². The zero-order chi connectivity index (χ0) is 28.3. The van der Waals surface area contributed by atoms with Gasteiger partial charge in [0.2, 0.25) is 11.2 Å². The number of anilines is 1. The first-order valence-electron chi connectivity index (χ1n) is 14.2. The van der Waals surface area contributed by atoms with Gasteiger partial charge in [0.05, 0.1) is 25.5 Å². The first-order chi connectivity index (χ1) is 19.3. The van der Waals surface area contributed by atoms with Crippen LogP contribution in [0.25, 0.3) is 0 Å². The lowest BCUT2D eigenvalue weighted by Crippen LogP contribution is -2.49. The number of halogens is 2. The molecule has 1 N–H and O–H groups in total. The zero-order valence-electron chi connectivity index (χ0n) is 23.4. The number of likely N-dealkylation sites (N-methyl/N-ethyl adjacent to an activating group) is 1. The van der Waals surface area contributed by atoms with Crippen molar-refractivity contribution in [2.45, 2.75) is 50.4 Å². The molecule has 2 aromatic rings. The van der Waals surface area contributed by atoms with E-state index in [2.05, 4.69) is 26.8 Å². The average Bonchev–Trinajstić information content (AvgIpc) is 3.39. The van der Waals surface area contributed by atoms with Crippen LogP contribution in [0.3, 0.4) is 0 Å². The summed E-state index contributed by atoms with van der Waals surface area (Å²) in [5, 5.41) is 3.70. The Kier molecular flexibility index (Phi) is 9.05. The summed E-state index contributed by atoms with van der Waals surface area (Å²) in [4.78, 5) is 25.6. The van der Waals surface area contributed by atoms with Crippen LogP contribution in [0.1, 0.15) is 48.2 Å². The molecule has 2 aliphatic heterocycles. The van der Waals surface area contributed by atoms with Crippen LogP contribution < -0.4 is 5.32 Å². The zero-order valence-corrected chi connectivity index (χ0v) is 24.1. The fourth-order valence-electron chi connectivity index (χ4n) is 5.94. The van der Waals surface area contributed by atoms with Crippen LogP contribution in [-0.4, -0.2) is 84.8 Å². The largest absolute Gasteiger partial charge is 0.378 e. The predicted molar refractivity (Wildman–Crippen MR) is 153 cm³/mol. The number of hydrogen-bond donors (Lipinski definition) is 1. The number of hydrogen-bond acceptors (Lipinski definition) is 7. The molecule has 4 atom stereocenters. The Hall–Kier alpha value is -2.59. The number of aromatic nitrogens is 2. The lowest BCUT2D eigenvalue weighted by atomic mass is 9.87. The van der Waals surface area contributed by atoms with E-state index in [0.717, 1.165) is 42.6 Å². The molecule has 1 amide bonds. The monoisotopic (exact) mass is 571 g/mol. The van der Waals surface area contributed by atoms with Crippen LogP contribution in [0.15, 0.2) is 36.9 Å². The summed E-state index contributed by atoms with van der Waals surface area (Å²) < 4.78 is 27.5. The number of rotatable bonds is 9. The number of carbonyl (C=O) groups excluding carboxylic acids is 1. The second-order valence-corrected chi connectivity index (χ2v) is 11.5. The first-order valence-corrected chi connectivity index (χ1v) is 14.5. The van der Waals surface area contributed by atoms with E-state index in [1.54, 1.807) is 6.07 Å². The number of ether oxygens (including phenoxy) is 2. The number of fused-ring (bicyclic) bond motifs is 1. The van der Waals surface area contributed by atoms with E-state index >= 15 is 4.39 Å². The minimum Gasteiger partial charge on any atom is -0.378 e. The summed E-state index contributed by atoms with van der Waals surface area (Å²) >= 11 is 6.32. The quantitative estimate of drug-likeness (QED) is 0.354. The molecule has 10 heteroatoms. The standard InChI is InChI=1S/C30H39ClFN5O3/c1-4-30(32,26-19-36(3)10-15-40-26)23-7-5-6-22(18-23)20(2)33-28-24-16-21(17-25(24)34-29(31)35-28)8-9-27(38)37-11-13-39-14-12-37/h4-7,18,20-21,26H,1,8-17,19H2,2-3H3,(H,33,34,35)/t20-,21?,26?,30?/m1/s1. The Balaban J connectivity index is 1.27. The van der Waals surface area contributed by atoms with Gasteiger partial charge in [-0.1, -0.05) is 30.8 Å². The molecule has 8 nitrogen and oxygen atoms in total. The maximum atomic E-state index is 16.3. The van der Waals surface area contributed by atoms with Crippen LogP contribution in [-0.2, 0) is 32.8 Å². The molecule has 216 valence electrons. The number of nitrogens with zero attached hydrogens (tertiary/aromatic N) is 4. The summed E-state index contributed by atoms with van der Waals surface area (Å²) in [6.45, 7) is 10.1. The molecule has 0 radical (unpaired) electrons. The van der Waals surface area contributed by atoms with Crippen molar-refractivity contribution in [1.82, 2.24) is 19.8 Å². The van der Waals surface area contributed by atoms with E-state index in [4.69, 9.17) is 21.1 Å². The Morgan fingerprint density at radius 1 is 1.27 bits per heavy atom. The smallest absolute Gasteiger partial charge is 0.224 e. The van der Waals surface area contributed by atoms with Crippen molar-refractivity contribution in [3.63, 3.8) is 0 Å². The fourth-order valence-corrected chi connectivity index (χ4v) is 6.13. The predicted octanol–water partition coefficient (Wildman–Crippen LogP) is 4.34. The van der Waals surface area contributed by atoms with Gasteiger partial charge in [-0.15, -0.1) is 0 Å². The van der Waals surface area contributed by atoms with Gasteiger partial charge in [-0.25, -0.2) is 14.4 Å². The second-order valence-electron chi connectivity index (χ2n) is 11.2. The Bertz CT molecular complexity index is 1230. The highest BCUT2D eigenvalue weighted by molar-refractivity contribution is 6.28. The van der Waals surface area contributed by atoms with Crippen LogP contribution in [0.5, 0.6) is 0 Å². The number of alkyl halides is 1. The molecule has 1 aromatic heterocycles. The van der Waals surface area contributed by atoms with Gasteiger partial charge in [-0.05, 0) is 68.0 Å². The minimum atomic E-state index is -1.81. The number of nitrogens with one attached hydrogen (secondary N) is 1. The maximum absolute atomic E-state index is 16.3. The molecule has 0 spiro atoms. The highest BCUT2D eigenvalue weighted by atomic mass is 35.5. The highest BCUT2D eigenvalue weighted by Crippen LogP contribution is 2.38. The molecular weight excluding hydrogens is 533 g/mol. The minimum absolute atomic E-state index is 0.166. The molecule has 40 heavy (non-hydrogen) atoms. The third-order valence-corrected chi connectivity index (χ3v) is 8.56. The van der Waals surface area contributed by atoms with E-state index in [1.807, 2.05) is 37.1 Å². The van der Waals surface area contributed by atoms with Gasteiger partial charge in [0, 0.05) is 44.2 Å². The van der Waals surface area contributed by atoms with E-state index in [9.17, 15) is 4.79 Å². The van der Waals surface area contributed by atoms with Gasteiger partial charge in [0.25, 0.3) is 0 Å². The van der Waals surface area contributed by atoms with Gasteiger partial charge >= 0.3 is 0 Å². The molecule has 2 saturated heterocycles. The van der Waals surface area contributed by atoms with Crippen LogP contribution in [0, 0.1) is 5.92 Å². The number of morpholine rings is 2. The van der Waals surface area contributed by atoms with Crippen LogP contribution in [0.4, 0.5) is 10.2 Å². The summed E-state index contributed by atoms with van der Waals surface area (Å²) in [6.07, 6.45) is 3.59. The topological polar surface area (TPSA) is 79.8 Å². The van der Waals surface area contributed by atoms with Gasteiger partial charge in [-0.3, -0.25) is 4.79 Å². The molecule has 3 heterocycles. The van der Waals surface area contributed by atoms with Gasteiger partial charge < -0.3 is 24.6 Å². The van der Waals surface area contributed by atoms with Crippen LogP contribution >= 0.6 is 11.6 Å². The Morgan fingerprint density at radius 3 is 2.83 bits per heavy atom. The molecule has 2 fully saturated rings. The van der Waals surface area contributed by atoms with E-state index in [1.165, 1.54) is 6.08 Å². The van der Waals surface area contributed by atoms with Crippen molar-refractivity contribution in [2.75, 3.05) is 58.4 Å². The van der Waals surface area contributed by atoms with Gasteiger partial charge in [0.1, 0.15) is 11.9 Å². The normalized spacial score (nSPS) is 23.8. The van der Waals surface area contributed by atoms with Crippen LogP contribution in [0.2, 0.25) is 5.28 Å². The summed E-state index contributed by atoms with van der Waals surface area (Å²) in [7, 11) is 1.97. The lowest BCUT2D eigenvalue weighted by Gasteiger charge is -2.38. The molecule has 0 saturated carbocycles. The molecule has 1 aliphatic carbocycles. The first kappa shape index (κ1) is 28.9. The van der Waals surface area contributed by atoms with Gasteiger partial charge in [-0.2, -0.15) is 0 Å². The number of amides is 1. The van der Waals surface area contributed by atoms with Gasteiger partial charge in [0.15, 0.2) is 5.67 Å². The number of carbonyl (C=O) groups is 1. The van der Waals surface area contributed by atoms with Crippen molar-refractivity contribution in [1.29, 1.82) is 0 Å². The molecular formula is C30H39ClFN5O3. The van der Waals surface area contributed by atoms with Crippen molar-refractivity contribution in [3.05, 3.63) is 64.6 Å². The SMILES string of the molecule is C=CC(F)(c1cccc([C@@H](C)Nc2nc(Cl)nc3c2CC(CCC(=O)N2CCOCC2)C3)c1)C1CN(C)CCO1. The third kappa shape index (κ3) is 6.33. The molecule has 1 aromatic carbocycles. The number of benzene rings is 1. The van der Waals surface area contributed by atoms with Crippen molar-refractivity contribution >= 4 is 23.3 Å². The maximum Gasteiger partial charge on any atom is 0.224 e. The molecule has 0 bridgehead atoms. The fraction of sp³-hybridized carbons (Fsp3) is 0.567. The average molecular weight is 572 g/mol. The van der Waals surface area contributed by atoms with Crippen molar-refractivity contribution in [2.24, 2.45) is 5.92 Å². The van der Waals surface area contributed by atoms with E-state index in [-0.39, 0.29) is 17.2 Å². The third-order valence-electron chi connectivity index (χ3n) is 8.39. The second kappa shape index (κ2) is 12.5. The summed E-state index contributed by atoms with van der Waals surface area (Å²) in [6, 6.07) is 7.34. The summed E-state index contributed by atoms with van der Waals surface area (Å²) in [5.41, 5.74) is 1.60. The molecule has 3 aliphatic rings. The molecule has 5 rings (SSSR count). The highest BCUT2D eigenvalue weighted by Gasteiger charge is 2.41. The van der Waals surface area contributed by atoms with E-state index in [0.29, 0.717) is 63.2 Å². The Labute approximate surface area is 240 Å². The summed E-state index contributed by atoms with van der Waals surface area (Å²) in [5.74, 6) is 1.19. The Morgan fingerprint density at radius 2 is 2.08 bits per heavy atom. The van der Waals surface area contributed by atoms with Crippen molar-refractivity contribution in [3.8, 4) is 0 Å². The lowest BCUT2D eigenvalue weighted by molar-refractivity contribution is -0.135. The van der Waals surface area contributed by atoms with E-state index < -0.39 is 11.8 Å².